The minimum atomic E-state index is 0.433. The minimum absolute atomic E-state index is 0.433. The summed E-state index contributed by atoms with van der Waals surface area (Å²) in [7, 11) is 0. The zero-order valence-electron chi connectivity index (χ0n) is 14.5. The second-order valence-corrected chi connectivity index (χ2v) is 5.82. The average Bonchev–Trinajstić information content (AvgIpc) is 2.76. The molecule has 0 aliphatic heterocycles. The van der Waals surface area contributed by atoms with Crippen LogP contribution in [-0.4, -0.2) is 21.2 Å². The molecular weight excluding hydrogens is 334 g/mol. The molecule has 27 heavy (non-hydrogen) atoms. The summed E-state index contributed by atoms with van der Waals surface area (Å²) in [6, 6.07) is 27.7. The molecule has 2 heterocycles. The maximum absolute atomic E-state index is 4.60. The van der Waals surface area contributed by atoms with Gasteiger partial charge >= 0.3 is 0 Å². The molecule has 0 saturated carbocycles. The Hall–Kier alpha value is -3.86. The summed E-state index contributed by atoms with van der Waals surface area (Å²) in [4.78, 5) is 13.4. The van der Waals surface area contributed by atoms with Crippen molar-refractivity contribution in [3.05, 3.63) is 96.8 Å². The van der Waals surface area contributed by atoms with Gasteiger partial charge in [0.2, 0.25) is 5.95 Å². The number of hydrazone groups is 1. The Balaban J connectivity index is 1.69. The van der Waals surface area contributed by atoms with Crippen molar-refractivity contribution in [2.45, 2.75) is 0 Å². The Morgan fingerprint density at radius 3 is 1.85 bits per heavy atom. The van der Waals surface area contributed by atoms with Crippen molar-refractivity contribution in [1.29, 1.82) is 0 Å². The summed E-state index contributed by atoms with van der Waals surface area (Å²) in [5, 5.41) is 4.22. The Kier molecular flexibility index (Phi) is 4.93. The fourth-order valence-corrected chi connectivity index (χ4v) is 2.62. The molecule has 0 bridgehead atoms. The standard InChI is InChI=1S/C22H17N5/c1-3-9-17(10-4-1)20-15-21(18-11-5-2-6-12-18)26-22(25-20)27-24-16-19-13-7-8-14-23-19/h1-16H,(H,25,26,27)/b24-16-. The highest BCUT2D eigenvalue weighted by Crippen LogP contribution is 2.24. The molecule has 130 valence electrons. The van der Waals surface area contributed by atoms with E-state index >= 15 is 0 Å². The van der Waals surface area contributed by atoms with Gasteiger partial charge in [-0.1, -0.05) is 66.7 Å². The van der Waals surface area contributed by atoms with E-state index in [2.05, 4.69) is 25.5 Å². The van der Waals surface area contributed by atoms with Crippen LogP contribution in [0.2, 0.25) is 0 Å². The Morgan fingerprint density at radius 2 is 1.30 bits per heavy atom. The molecule has 0 saturated heterocycles. The Morgan fingerprint density at radius 1 is 0.704 bits per heavy atom. The molecule has 0 spiro atoms. The predicted molar refractivity (Wildman–Crippen MR) is 108 cm³/mol. The van der Waals surface area contributed by atoms with E-state index in [9.17, 15) is 0 Å². The SMILES string of the molecule is C(=N/Nc1nc(-c2ccccc2)cc(-c2ccccc2)n1)/c1ccccn1. The lowest BCUT2D eigenvalue weighted by Crippen LogP contribution is -2.00. The zero-order valence-corrected chi connectivity index (χ0v) is 14.5. The number of pyridine rings is 1. The van der Waals surface area contributed by atoms with Crippen LogP contribution in [0.3, 0.4) is 0 Å². The van der Waals surface area contributed by atoms with E-state index in [4.69, 9.17) is 0 Å². The fourth-order valence-electron chi connectivity index (χ4n) is 2.62. The summed E-state index contributed by atoms with van der Waals surface area (Å²) >= 11 is 0. The van der Waals surface area contributed by atoms with E-state index in [1.165, 1.54) is 0 Å². The van der Waals surface area contributed by atoms with Crippen LogP contribution >= 0.6 is 0 Å². The third-order valence-corrected chi connectivity index (χ3v) is 3.91. The van der Waals surface area contributed by atoms with Crippen LogP contribution in [0, 0.1) is 0 Å². The third kappa shape index (κ3) is 4.22. The van der Waals surface area contributed by atoms with Crippen molar-refractivity contribution in [2.24, 2.45) is 5.10 Å². The number of rotatable bonds is 5. The number of benzene rings is 2. The van der Waals surface area contributed by atoms with Crippen LogP contribution in [0.15, 0.2) is 96.2 Å². The molecule has 0 fully saturated rings. The van der Waals surface area contributed by atoms with Gasteiger partial charge in [-0.2, -0.15) is 5.10 Å². The number of hydrogen-bond acceptors (Lipinski definition) is 5. The van der Waals surface area contributed by atoms with Crippen LogP contribution in [-0.2, 0) is 0 Å². The molecule has 2 aromatic heterocycles. The average molecular weight is 351 g/mol. The first-order chi connectivity index (χ1) is 13.4. The summed E-state index contributed by atoms with van der Waals surface area (Å²) in [6.07, 6.45) is 3.36. The van der Waals surface area contributed by atoms with Crippen LogP contribution in [0.4, 0.5) is 5.95 Å². The van der Waals surface area contributed by atoms with Gasteiger partial charge in [-0.05, 0) is 18.2 Å². The number of hydrogen-bond donors (Lipinski definition) is 1. The smallest absolute Gasteiger partial charge is 0.244 e. The van der Waals surface area contributed by atoms with Crippen LogP contribution in [0.25, 0.3) is 22.5 Å². The Bertz CT molecular complexity index is 974. The van der Waals surface area contributed by atoms with Gasteiger partial charge in [0.15, 0.2) is 0 Å². The van der Waals surface area contributed by atoms with E-state index in [1.807, 2.05) is 84.9 Å². The van der Waals surface area contributed by atoms with E-state index in [0.29, 0.717) is 5.95 Å². The predicted octanol–water partition coefficient (Wildman–Crippen LogP) is 4.65. The first-order valence-electron chi connectivity index (χ1n) is 8.58. The molecule has 4 rings (SSSR count). The topological polar surface area (TPSA) is 63.1 Å². The first-order valence-corrected chi connectivity index (χ1v) is 8.58. The van der Waals surface area contributed by atoms with Crippen molar-refractivity contribution in [3.8, 4) is 22.5 Å². The van der Waals surface area contributed by atoms with E-state index in [0.717, 1.165) is 28.2 Å². The summed E-state index contributed by atoms with van der Waals surface area (Å²) < 4.78 is 0. The second-order valence-electron chi connectivity index (χ2n) is 5.82. The quantitative estimate of drug-likeness (QED) is 0.420. The van der Waals surface area contributed by atoms with Gasteiger partial charge in [-0.15, -0.1) is 0 Å². The molecule has 4 aromatic rings. The normalized spacial score (nSPS) is 10.8. The molecule has 0 radical (unpaired) electrons. The highest BCUT2D eigenvalue weighted by Gasteiger charge is 2.08. The van der Waals surface area contributed by atoms with Crippen molar-refractivity contribution in [1.82, 2.24) is 15.0 Å². The number of anilines is 1. The minimum Gasteiger partial charge on any atom is -0.255 e. The van der Waals surface area contributed by atoms with Crippen LogP contribution in [0.1, 0.15) is 5.69 Å². The van der Waals surface area contributed by atoms with E-state index in [1.54, 1.807) is 12.4 Å². The molecule has 5 nitrogen and oxygen atoms in total. The van der Waals surface area contributed by atoms with Gasteiger partial charge in [-0.3, -0.25) is 4.98 Å². The van der Waals surface area contributed by atoms with Crippen molar-refractivity contribution in [3.63, 3.8) is 0 Å². The summed E-state index contributed by atoms with van der Waals surface area (Å²) in [5.74, 6) is 0.433. The highest BCUT2D eigenvalue weighted by molar-refractivity contribution is 5.77. The third-order valence-electron chi connectivity index (χ3n) is 3.91. The number of nitrogens with zero attached hydrogens (tertiary/aromatic N) is 4. The van der Waals surface area contributed by atoms with E-state index in [-0.39, 0.29) is 0 Å². The molecule has 2 aromatic carbocycles. The summed E-state index contributed by atoms with van der Waals surface area (Å²) in [6.45, 7) is 0. The van der Waals surface area contributed by atoms with Crippen molar-refractivity contribution in [2.75, 3.05) is 5.43 Å². The largest absolute Gasteiger partial charge is 0.255 e. The second kappa shape index (κ2) is 8.01. The number of aromatic nitrogens is 3. The molecule has 5 heteroatoms. The Labute approximate surface area is 157 Å². The van der Waals surface area contributed by atoms with Gasteiger partial charge in [0.05, 0.1) is 23.3 Å². The van der Waals surface area contributed by atoms with Gasteiger partial charge in [-0.25, -0.2) is 15.4 Å². The zero-order chi connectivity index (χ0) is 18.3. The lowest BCUT2D eigenvalue weighted by atomic mass is 10.1. The van der Waals surface area contributed by atoms with Gasteiger partial charge in [0.25, 0.3) is 0 Å². The monoisotopic (exact) mass is 351 g/mol. The lowest BCUT2D eigenvalue weighted by molar-refractivity contribution is 1.12. The van der Waals surface area contributed by atoms with Crippen LogP contribution in [0.5, 0.6) is 0 Å². The number of nitrogens with one attached hydrogen (secondary N) is 1. The van der Waals surface area contributed by atoms with Crippen molar-refractivity contribution >= 4 is 12.2 Å². The van der Waals surface area contributed by atoms with Gasteiger partial charge < -0.3 is 0 Å². The molecule has 0 unspecified atom stereocenters. The molecular formula is C22H17N5. The maximum Gasteiger partial charge on any atom is 0.244 e. The highest BCUT2D eigenvalue weighted by atomic mass is 15.3. The van der Waals surface area contributed by atoms with Gasteiger partial charge in [0.1, 0.15) is 0 Å². The van der Waals surface area contributed by atoms with Gasteiger partial charge in [0, 0.05) is 17.3 Å². The molecule has 0 aliphatic carbocycles. The molecule has 0 amide bonds. The summed E-state index contributed by atoms with van der Waals surface area (Å²) in [5.41, 5.74) is 7.39. The van der Waals surface area contributed by atoms with E-state index < -0.39 is 0 Å². The lowest BCUT2D eigenvalue weighted by Gasteiger charge is -2.08. The first kappa shape index (κ1) is 16.6. The molecule has 0 aliphatic rings. The fraction of sp³-hybridized carbons (Fsp3) is 0. The maximum atomic E-state index is 4.60. The molecule has 0 atom stereocenters. The molecule has 1 N–H and O–H groups in total. The van der Waals surface area contributed by atoms with Crippen molar-refractivity contribution < 1.29 is 0 Å². The van der Waals surface area contributed by atoms with Crippen LogP contribution < -0.4 is 5.43 Å².